The van der Waals surface area contributed by atoms with Crippen LogP contribution in [-0.4, -0.2) is 32.3 Å². The smallest absolute Gasteiger partial charge is 0.337 e. The van der Waals surface area contributed by atoms with Crippen molar-refractivity contribution in [3.63, 3.8) is 0 Å². The molecule has 112 valence electrons. The van der Waals surface area contributed by atoms with Crippen LogP contribution in [0.4, 0.5) is 11.4 Å². The van der Waals surface area contributed by atoms with Crippen LogP contribution in [0.3, 0.4) is 0 Å². The first kappa shape index (κ1) is 16.3. The van der Waals surface area contributed by atoms with Crippen LogP contribution in [0.1, 0.15) is 31.1 Å². The van der Waals surface area contributed by atoms with Crippen molar-refractivity contribution in [3.8, 4) is 0 Å². The zero-order chi connectivity index (χ0) is 15.7. The fraction of sp³-hybridized carbons (Fsp3) is 0.462. The summed E-state index contributed by atoms with van der Waals surface area (Å²) < 4.78 is 25.6. The molecule has 0 aliphatic heterocycles. The van der Waals surface area contributed by atoms with E-state index >= 15 is 0 Å². The second-order valence-electron chi connectivity index (χ2n) is 5.87. The highest BCUT2D eigenvalue weighted by atomic mass is 32.2. The number of anilines is 2. The van der Waals surface area contributed by atoms with Crippen LogP contribution in [0.15, 0.2) is 18.2 Å². The van der Waals surface area contributed by atoms with Gasteiger partial charge in [0.1, 0.15) is 0 Å². The number of nitrogen functional groups attached to an aromatic ring is 1. The molecule has 0 aliphatic carbocycles. The van der Waals surface area contributed by atoms with Crippen LogP contribution in [0.5, 0.6) is 0 Å². The average molecular weight is 300 g/mol. The second kappa shape index (κ2) is 5.32. The van der Waals surface area contributed by atoms with Crippen molar-refractivity contribution in [2.24, 2.45) is 5.41 Å². The fourth-order valence-electron chi connectivity index (χ4n) is 1.79. The van der Waals surface area contributed by atoms with Gasteiger partial charge >= 0.3 is 5.97 Å². The number of hydrogen-bond donors (Lipinski definition) is 2. The van der Waals surface area contributed by atoms with Gasteiger partial charge in [-0.1, -0.05) is 20.8 Å². The molecule has 0 aliphatic rings. The van der Waals surface area contributed by atoms with E-state index in [0.29, 0.717) is 0 Å². The Balaban J connectivity index is 3.28. The van der Waals surface area contributed by atoms with Crippen LogP contribution in [-0.2, 0) is 10.0 Å². The summed E-state index contributed by atoms with van der Waals surface area (Å²) in [7, 11) is -2.26. The second-order valence-corrected chi connectivity index (χ2v) is 7.87. The van der Waals surface area contributed by atoms with Crippen LogP contribution in [0, 0.1) is 5.41 Å². The van der Waals surface area contributed by atoms with E-state index < -0.39 is 21.4 Å². The first-order valence-corrected chi connectivity index (χ1v) is 7.64. The molecule has 0 heterocycles. The van der Waals surface area contributed by atoms with Gasteiger partial charge in [0.05, 0.1) is 17.0 Å². The highest BCUT2D eigenvalue weighted by molar-refractivity contribution is 7.92. The predicted molar refractivity (Wildman–Crippen MR) is 79.5 cm³/mol. The van der Waals surface area contributed by atoms with E-state index in [1.54, 1.807) is 20.8 Å². The van der Waals surface area contributed by atoms with Crippen molar-refractivity contribution in [1.29, 1.82) is 0 Å². The van der Waals surface area contributed by atoms with Crippen LogP contribution in [0.2, 0.25) is 0 Å². The lowest BCUT2D eigenvalue weighted by molar-refractivity contribution is 0.0698. The number of aromatic carboxylic acids is 1. The third-order valence-electron chi connectivity index (χ3n) is 2.62. The molecule has 3 N–H and O–H groups in total. The van der Waals surface area contributed by atoms with Gasteiger partial charge in [0.25, 0.3) is 0 Å². The summed E-state index contributed by atoms with van der Waals surface area (Å²) in [6.45, 7) is 5.42. The van der Waals surface area contributed by atoms with Crippen molar-refractivity contribution in [1.82, 2.24) is 0 Å². The topological polar surface area (TPSA) is 101 Å². The van der Waals surface area contributed by atoms with E-state index in [0.717, 1.165) is 4.31 Å². The van der Waals surface area contributed by atoms with Crippen molar-refractivity contribution >= 4 is 27.4 Å². The summed E-state index contributed by atoms with van der Waals surface area (Å²) >= 11 is 0. The zero-order valence-corrected chi connectivity index (χ0v) is 12.9. The molecule has 0 atom stereocenters. The molecular weight excluding hydrogens is 280 g/mol. The van der Waals surface area contributed by atoms with Gasteiger partial charge in [0.2, 0.25) is 10.0 Å². The van der Waals surface area contributed by atoms with Gasteiger partial charge in [0, 0.05) is 12.7 Å². The molecule has 1 aromatic carbocycles. The lowest BCUT2D eigenvalue weighted by atomic mass is 10.0. The van der Waals surface area contributed by atoms with E-state index in [4.69, 9.17) is 10.8 Å². The standard InChI is InChI=1S/C13H20N2O4S/c1-13(2,3)8-20(18,19)15(4)11-6-5-9(14)7-10(11)12(16)17/h5-7H,8,14H2,1-4H3,(H,16,17). The third-order valence-corrected chi connectivity index (χ3v) is 4.88. The lowest BCUT2D eigenvalue weighted by Crippen LogP contribution is -2.35. The normalized spacial score (nSPS) is 12.2. The summed E-state index contributed by atoms with van der Waals surface area (Å²) in [4.78, 5) is 11.2. The van der Waals surface area contributed by atoms with Crippen LogP contribution >= 0.6 is 0 Å². The third kappa shape index (κ3) is 3.86. The summed E-state index contributed by atoms with van der Waals surface area (Å²) in [5.74, 6) is -1.30. The molecule has 0 amide bonds. The van der Waals surface area contributed by atoms with Crippen molar-refractivity contribution in [2.75, 3.05) is 22.8 Å². The Morgan fingerprint density at radius 3 is 2.35 bits per heavy atom. The van der Waals surface area contributed by atoms with Crippen molar-refractivity contribution < 1.29 is 18.3 Å². The Bertz CT molecular complexity index is 618. The minimum absolute atomic E-state index is 0.0834. The number of benzene rings is 1. The number of nitrogens with two attached hydrogens (primary N) is 1. The summed E-state index contributed by atoms with van der Waals surface area (Å²) in [5.41, 5.74) is 5.36. The van der Waals surface area contributed by atoms with Gasteiger partial charge in [-0.05, 0) is 23.6 Å². The SMILES string of the molecule is CN(c1ccc(N)cc1C(=O)O)S(=O)(=O)CC(C)(C)C. The molecule has 0 spiro atoms. The molecule has 7 heteroatoms. The van der Waals surface area contributed by atoms with Gasteiger partial charge in [-0.15, -0.1) is 0 Å². The molecule has 0 radical (unpaired) electrons. The minimum Gasteiger partial charge on any atom is -0.478 e. The molecule has 0 fully saturated rings. The largest absolute Gasteiger partial charge is 0.478 e. The number of carboxylic acids is 1. The molecule has 20 heavy (non-hydrogen) atoms. The van der Waals surface area contributed by atoms with E-state index in [9.17, 15) is 13.2 Å². The van der Waals surface area contributed by atoms with Gasteiger partial charge in [-0.3, -0.25) is 4.31 Å². The summed E-state index contributed by atoms with van der Waals surface area (Å²) in [5, 5.41) is 9.16. The summed E-state index contributed by atoms with van der Waals surface area (Å²) in [6, 6.07) is 4.13. The Labute approximate surface area is 119 Å². The Morgan fingerprint density at radius 2 is 1.90 bits per heavy atom. The number of sulfonamides is 1. The number of rotatable bonds is 4. The van der Waals surface area contributed by atoms with Crippen LogP contribution < -0.4 is 10.0 Å². The molecule has 0 unspecified atom stereocenters. The predicted octanol–water partition coefficient (Wildman–Crippen LogP) is 1.78. The molecule has 0 aromatic heterocycles. The van der Waals surface area contributed by atoms with E-state index in [2.05, 4.69) is 0 Å². The maximum absolute atomic E-state index is 12.3. The lowest BCUT2D eigenvalue weighted by Gasteiger charge is -2.26. The maximum atomic E-state index is 12.3. The molecule has 1 rings (SSSR count). The van der Waals surface area contributed by atoms with Crippen molar-refractivity contribution in [2.45, 2.75) is 20.8 Å². The number of hydrogen-bond acceptors (Lipinski definition) is 4. The Morgan fingerprint density at radius 1 is 1.35 bits per heavy atom. The van der Waals surface area contributed by atoms with Gasteiger partial charge in [0.15, 0.2) is 0 Å². The van der Waals surface area contributed by atoms with E-state index in [1.807, 2.05) is 0 Å². The number of carbonyl (C=O) groups is 1. The molecule has 0 saturated carbocycles. The maximum Gasteiger partial charge on any atom is 0.337 e. The quantitative estimate of drug-likeness (QED) is 0.825. The Hall–Kier alpha value is -1.76. The molecule has 6 nitrogen and oxygen atoms in total. The molecular formula is C13H20N2O4S. The van der Waals surface area contributed by atoms with E-state index in [-0.39, 0.29) is 22.7 Å². The minimum atomic E-state index is -3.61. The van der Waals surface area contributed by atoms with Gasteiger partial charge < -0.3 is 10.8 Å². The number of nitrogens with zero attached hydrogens (tertiary/aromatic N) is 1. The molecule has 0 saturated heterocycles. The molecule has 0 bridgehead atoms. The average Bonchev–Trinajstić information content (AvgIpc) is 2.24. The molecule has 1 aromatic rings. The van der Waals surface area contributed by atoms with Gasteiger partial charge in [-0.2, -0.15) is 0 Å². The number of carboxylic acid groups (broad SMARTS) is 1. The highest BCUT2D eigenvalue weighted by Crippen LogP contribution is 2.27. The fourth-order valence-corrected chi connectivity index (χ4v) is 3.54. The highest BCUT2D eigenvalue weighted by Gasteiger charge is 2.28. The first-order chi connectivity index (χ1) is 8.94. The summed E-state index contributed by atoms with van der Waals surface area (Å²) in [6.07, 6.45) is 0. The monoisotopic (exact) mass is 300 g/mol. The zero-order valence-electron chi connectivity index (χ0n) is 12.0. The van der Waals surface area contributed by atoms with Crippen LogP contribution in [0.25, 0.3) is 0 Å². The van der Waals surface area contributed by atoms with Crippen molar-refractivity contribution in [3.05, 3.63) is 23.8 Å². The van der Waals surface area contributed by atoms with Gasteiger partial charge in [-0.25, -0.2) is 13.2 Å². The Kier molecular flexibility index (Phi) is 4.33. The first-order valence-electron chi connectivity index (χ1n) is 6.03. The van der Waals surface area contributed by atoms with E-state index in [1.165, 1.54) is 25.2 Å².